The molecule has 0 amide bonds. The lowest BCUT2D eigenvalue weighted by Crippen LogP contribution is -2.44. The van der Waals surface area contributed by atoms with E-state index >= 15 is 0 Å². The highest BCUT2D eigenvalue weighted by atomic mass is 19.1. The average molecular weight is 333 g/mol. The minimum atomic E-state index is -0.391. The Bertz CT molecular complexity index is 761. The fraction of sp³-hybridized carbons (Fsp3) is 0.625. The number of hydrogen-bond acceptors (Lipinski definition) is 7. The second-order valence-electron chi connectivity index (χ2n) is 6.60. The van der Waals surface area contributed by atoms with E-state index in [0.29, 0.717) is 42.2 Å². The average Bonchev–Trinajstić information content (AvgIpc) is 3.27. The van der Waals surface area contributed by atoms with Crippen LogP contribution in [0.5, 0.6) is 0 Å². The molecule has 1 aliphatic carbocycles. The molecule has 0 unspecified atom stereocenters. The summed E-state index contributed by atoms with van der Waals surface area (Å²) >= 11 is 0. The van der Waals surface area contributed by atoms with Crippen LogP contribution in [0.4, 0.5) is 10.2 Å². The van der Waals surface area contributed by atoms with E-state index in [1.165, 1.54) is 0 Å². The van der Waals surface area contributed by atoms with Gasteiger partial charge in [-0.15, -0.1) is 0 Å². The van der Waals surface area contributed by atoms with Gasteiger partial charge in [0.25, 0.3) is 5.89 Å². The first-order valence-corrected chi connectivity index (χ1v) is 8.26. The van der Waals surface area contributed by atoms with Gasteiger partial charge in [-0.1, -0.05) is 5.16 Å². The van der Waals surface area contributed by atoms with Crippen LogP contribution in [0.3, 0.4) is 0 Å². The van der Waals surface area contributed by atoms with Gasteiger partial charge in [-0.05, 0) is 33.6 Å². The largest absolute Gasteiger partial charge is 0.362 e. The first-order valence-electron chi connectivity index (χ1n) is 8.26. The Balaban J connectivity index is 1.60. The summed E-state index contributed by atoms with van der Waals surface area (Å²) in [7, 11) is 0. The van der Waals surface area contributed by atoms with Crippen molar-refractivity contribution in [2.45, 2.75) is 51.7 Å². The van der Waals surface area contributed by atoms with Crippen molar-refractivity contribution < 1.29 is 13.7 Å². The summed E-state index contributed by atoms with van der Waals surface area (Å²) in [5.74, 6) is 2.09. The van der Waals surface area contributed by atoms with Crippen LogP contribution in [0.15, 0.2) is 4.52 Å². The SMILES string of the molecule is Cc1nc(C)c(F)c(N2C[C@@H](C)O[C@@H](c3nc(C4CC4)no3)C2)n1. The monoisotopic (exact) mass is 333 g/mol. The third-order valence-electron chi connectivity index (χ3n) is 4.35. The number of morpholine rings is 1. The quantitative estimate of drug-likeness (QED) is 0.854. The van der Waals surface area contributed by atoms with Gasteiger partial charge in [-0.25, -0.2) is 14.4 Å². The molecular formula is C16H20FN5O2. The van der Waals surface area contributed by atoms with Crippen LogP contribution in [0, 0.1) is 19.7 Å². The molecule has 2 aromatic rings. The zero-order valence-electron chi connectivity index (χ0n) is 14.0. The van der Waals surface area contributed by atoms with Crippen LogP contribution in [-0.2, 0) is 4.74 Å². The Morgan fingerprint density at radius 2 is 1.92 bits per heavy atom. The molecule has 2 fully saturated rings. The summed E-state index contributed by atoms with van der Waals surface area (Å²) in [6.07, 6.45) is 1.73. The van der Waals surface area contributed by atoms with Crippen molar-refractivity contribution in [2.24, 2.45) is 0 Å². The summed E-state index contributed by atoms with van der Waals surface area (Å²) in [5.41, 5.74) is 0.349. The third-order valence-corrected chi connectivity index (χ3v) is 4.35. The predicted octanol–water partition coefficient (Wildman–Crippen LogP) is 2.46. The molecule has 2 atom stereocenters. The van der Waals surface area contributed by atoms with E-state index in [4.69, 9.17) is 9.26 Å². The molecule has 8 heteroatoms. The summed E-state index contributed by atoms with van der Waals surface area (Å²) in [5, 5.41) is 4.04. The van der Waals surface area contributed by atoms with Crippen molar-refractivity contribution in [1.82, 2.24) is 20.1 Å². The summed E-state index contributed by atoms with van der Waals surface area (Å²) in [6, 6.07) is 0. The lowest BCUT2D eigenvalue weighted by atomic mass is 10.2. The molecular weight excluding hydrogens is 313 g/mol. The molecule has 1 saturated heterocycles. The van der Waals surface area contributed by atoms with E-state index < -0.39 is 5.82 Å². The van der Waals surface area contributed by atoms with Crippen LogP contribution >= 0.6 is 0 Å². The number of halogens is 1. The Morgan fingerprint density at radius 3 is 2.67 bits per heavy atom. The van der Waals surface area contributed by atoms with E-state index in [0.717, 1.165) is 18.7 Å². The van der Waals surface area contributed by atoms with Gasteiger partial charge < -0.3 is 14.2 Å². The van der Waals surface area contributed by atoms with E-state index in [-0.39, 0.29) is 12.2 Å². The topological polar surface area (TPSA) is 77.2 Å². The van der Waals surface area contributed by atoms with E-state index in [9.17, 15) is 4.39 Å². The number of aryl methyl sites for hydroxylation is 2. The van der Waals surface area contributed by atoms with Gasteiger partial charge in [0.05, 0.1) is 18.3 Å². The van der Waals surface area contributed by atoms with Crippen molar-refractivity contribution in [3.63, 3.8) is 0 Å². The van der Waals surface area contributed by atoms with Gasteiger partial charge in [0.15, 0.2) is 23.6 Å². The molecule has 0 spiro atoms. The molecule has 1 saturated carbocycles. The highest BCUT2D eigenvalue weighted by Crippen LogP contribution is 2.39. The highest BCUT2D eigenvalue weighted by molar-refractivity contribution is 5.42. The third kappa shape index (κ3) is 2.86. The normalized spacial score (nSPS) is 24.4. The van der Waals surface area contributed by atoms with Gasteiger partial charge in [0, 0.05) is 12.5 Å². The van der Waals surface area contributed by atoms with E-state index in [1.54, 1.807) is 13.8 Å². The maximum atomic E-state index is 14.5. The maximum absolute atomic E-state index is 14.5. The number of ether oxygens (including phenoxy) is 1. The van der Waals surface area contributed by atoms with Crippen LogP contribution < -0.4 is 4.90 Å². The molecule has 4 rings (SSSR count). The van der Waals surface area contributed by atoms with Crippen molar-refractivity contribution >= 4 is 5.82 Å². The van der Waals surface area contributed by atoms with E-state index in [2.05, 4.69) is 20.1 Å². The molecule has 7 nitrogen and oxygen atoms in total. The van der Waals surface area contributed by atoms with Crippen molar-refractivity contribution in [3.05, 3.63) is 29.1 Å². The first kappa shape index (κ1) is 15.4. The van der Waals surface area contributed by atoms with Gasteiger partial charge in [0.1, 0.15) is 5.82 Å². The smallest absolute Gasteiger partial charge is 0.257 e. The second-order valence-corrected chi connectivity index (χ2v) is 6.60. The van der Waals surface area contributed by atoms with Crippen LogP contribution in [-0.4, -0.2) is 39.3 Å². The lowest BCUT2D eigenvalue weighted by Gasteiger charge is -2.36. The molecule has 0 radical (unpaired) electrons. The summed E-state index contributed by atoms with van der Waals surface area (Å²) in [6.45, 7) is 6.32. The number of nitrogens with zero attached hydrogens (tertiary/aromatic N) is 5. The summed E-state index contributed by atoms with van der Waals surface area (Å²) in [4.78, 5) is 14.7. The molecule has 0 bridgehead atoms. The zero-order valence-corrected chi connectivity index (χ0v) is 14.0. The molecule has 0 aromatic carbocycles. The summed E-state index contributed by atoms with van der Waals surface area (Å²) < 4.78 is 25.8. The molecule has 3 heterocycles. The highest BCUT2D eigenvalue weighted by Gasteiger charge is 2.35. The Kier molecular flexibility index (Phi) is 3.71. The predicted molar refractivity (Wildman–Crippen MR) is 83.2 cm³/mol. The standard InChI is InChI=1S/C16H20FN5O2/c1-8-6-22(15-13(17)9(2)18-10(3)19-15)7-12(23-8)16-20-14(21-24-16)11-4-5-11/h8,11-12H,4-7H2,1-3H3/t8-,12-/m1/s1. The van der Waals surface area contributed by atoms with Crippen LogP contribution in [0.25, 0.3) is 0 Å². The van der Waals surface area contributed by atoms with Crippen molar-refractivity contribution in [1.29, 1.82) is 0 Å². The Labute approximate surface area is 139 Å². The molecule has 128 valence electrons. The minimum Gasteiger partial charge on any atom is -0.362 e. The maximum Gasteiger partial charge on any atom is 0.257 e. The lowest BCUT2D eigenvalue weighted by molar-refractivity contribution is -0.0335. The minimum absolute atomic E-state index is 0.102. The Hall–Kier alpha value is -2.09. The Morgan fingerprint density at radius 1 is 1.12 bits per heavy atom. The molecule has 2 aliphatic rings. The van der Waals surface area contributed by atoms with Gasteiger partial charge in [-0.3, -0.25) is 0 Å². The fourth-order valence-electron chi connectivity index (χ4n) is 3.04. The first-order chi connectivity index (χ1) is 11.5. The van der Waals surface area contributed by atoms with Crippen molar-refractivity contribution in [3.8, 4) is 0 Å². The van der Waals surface area contributed by atoms with Crippen LogP contribution in [0.1, 0.15) is 55.0 Å². The molecule has 2 aromatic heterocycles. The molecule has 24 heavy (non-hydrogen) atoms. The molecule has 0 N–H and O–H groups in total. The zero-order chi connectivity index (χ0) is 16.8. The molecule has 1 aliphatic heterocycles. The van der Waals surface area contributed by atoms with Gasteiger partial charge >= 0.3 is 0 Å². The number of aromatic nitrogens is 4. The van der Waals surface area contributed by atoms with E-state index in [1.807, 2.05) is 11.8 Å². The number of anilines is 1. The fourth-order valence-corrected chi connectivity index (χ4v) is 3.04. The number of hydrogen-bond donors (Lipinski definition) is 0. The second kappa shape index (κ2) is 5.77. The van der Waals surface area contributed by atoms with Crippen LogP contribution in [0.2, 0.25) is 0 Å². The van der Waals surface area contributed by atoms with Gasteiger partial charge in [-0.2, -0.15) is 4.98 Å². The number of rotatable bonds is 3. The van der Waals surface area contributed by atoms with Gasteiger partial charge in [0.2, 0.25) is 0 Å². The van der Waals surface area contributed by atoms with Crippen molar-refractivity contribution in [2.75, 3.05) is 18.0 Å².